The zero-order valence-corrected chi connectivity index (χ0v) is 11.9. The third-order valence-electron chi connectivity index (χ3n) is 2.82. The first-order chi connectivity index (χ1) is 10.2. The van der Waals surface area contributed by atoms with E-state index in [1.165, 1.54) is 0 Å². The number of carbonyl (C=O) groups is 1. The highest BCUT2D eigenvalue weighted by molar-refractivity contribution is 5.94. The minimum absolute atomic E-state index is 0.257. The van der Waals surface area contributed by atoms with E-state index in [0.29, 0.717) is 17.1 Å². The Morgan fingerprint density at radius 1 is 1.05 bits per heavy atom. The Hall–Kier alpha value is -2.82. The average molecular weight is 284 g/mol. The van der Waals surface area contributed by atoms with Crippen molar-refractivity contribution >= 4 is 12.1 Å². The maximum atomic E-state index is 11.8. The lowest BCUT2D eigenvalue weighted by Crippen LogP contribution is -2.17. The van der Waals surface area contributed by atoms with Gasteiger partial charge in [0.05, 0.1) is 20.4 Å². The molecule has 0 aliphatic carbocycles. The van der Waals surface area contributed by atoms with Crippen molar-refractivity contribution in [2.75, 3.05) is 14.2 Å². The molecule has 2 rings (SSSR count). The van der Waals surface area contributed by atoms with Crippen LogP contribution in [0.15, 0.2) is 53.6 Å². The van der Waals surface area contributed by atoms with E-state index in [-0.39, 0.29) is 5.91 Å². The summed E-state index contributed by atoms with van der Waals surface area (Å²) in [5, 5.41) is 3.93. The van der Waals surface area contributed by atoms with Crippen molar-refractivity contribution in [1.29, 1.82) is 0 Å². The third-order valence-corrected chi connectivity index (χ3v) is 2.82. The second-order valence-electron chi connectivity index (χ2n) is 4.18. The molecular formula is C16H16N2O3. The fourth-order valence-corrected chi connectivity index (χ4v) is 1.75. The van der Waals surface area contributed by atoms with E-state index < -0.39 is 0 Å². The molecule has 0 aliphatic heterocycles. The summed E-state index contributed by atoms with van der Waals surface area (Å²) in [6.45, 7) is 0. The van der Waals surface area contributed by atoms with E-state index in [0.717, 1.165) is 5.56 Å². The molecule has 0 saturated heterocycles. The minimum Gasteiger partial charge on any atom is -0.493 e. The number of hydrogen-bond acceptors (Lipinski definition) is 4. The predicted octanol–water partition coefficient (Wildman–Crippen LogP) is 2.47. The summed E-state index contributed by atoms with van der Waals surface area (Å²) >= 11 is 0. The molecule has 1 N–H and O–H groups in total. The smallest absolute Gasteiger partial charge is 0.271 e. The highest BCUT2D eigenvalue weighted by atomic mass is 16.5. The first-order valence-electron chi connectivity index (χ1n) is 6.35. The van der Waals surface area contributed by atoms with E-state index >= 15 is 0 Å². The monoisotopic (exact) mass is 284 g/mol. The van der Waals surface area contributed by atoms with Gasteiger partial charge in [0.1, 0.15) is 0 Å². The van der Waals surface area contributed by atoms with Crippen molar-refractivity contribution < 1.29 is 14.3 Å². The Labute approximate surface area is 123 Å². The lowest BCUT2D eigenvalue weighted by atomic mass is 10.2. The van der Waals surface area contributed by atoms with Crippen LogP contribution in [-0.2, 0) is 0 Å². The first-order valence-corrected chi connectivity index (χ1v) is 6.35. The number of amides is 1. The summed E-state index contributed by atoms with van der Waals surface area (Å²) in [6.07, 6.45) is 1.54. The van der Waals surface area contributed by atoms with Gasteiger partial charge in [-0.1, -0.05) is 18.2 Å². The normalized spacial score (nSPS) is 10.4. The molecule has 5 nitrogen and oxygen atoms in total. The standard InChI is InChI=1S/C16H16N2O3/c1-20-14-9-8-12(10-15(14)21-2)11-17-18-16(19)13-6-4-3-5-7-13/h3-11H,1-2H3,(H,18,19)/b17-11-. The lowest BCUT2D eigenvalue weighted by Gasteiger charge is -2.07. The lowest BCUT2D eigenvalue weighted by molar-refractivity contribution is 0.0955. The molecule has 1 amide bonds. The first kappa shape index (κ1) is 14.6. The van der Waals surface area contributed by atoms with Crippen LogP contribution in [0, 0.1) is 0 Å². The van der Waals surface area contributed by atoms with Gasteiger partial charge < -0.3 is 9.47 Å². The number of hydrazone groups is 1. The van der Waals surface area contributed by atoms with E-state index in [9.17, 15) is 4.79 Å². The van der Waals surface area contributed by atoms with Gasteiger partial charge in [-0.25, -0.2) is 5.43 Å². The van der Waals surface area contributed by atoms with E-state index in [1.54, 1.807) is 56.8 Å². The van der Waals surface area contributed by atoms with E-state index in [4.69, 9.17) is 9.47 Å². The summed E-state index contributed by atoms with van der Waals surface area (Å²) in [4.78, 5) is 11.8. The van der Waals surface area contributed by atoms with Gasteiger partial charge in [-0.15, -0.1) is 0 Å². The van der Waals surface area contributed by atoms with Crippen LogP contribution in [0.1, 0.15) is 15.9 Å². The number of methoxy groups -OCH3 is 2. The fraction of sp³-hybridized carbons (Fsp3) is 0.125. The van der Waals surface area contributed by atoms with Gasteiger partial charge in [0, 0.05) is 5.56 Å². The van der Waals surface area contributed by atoms with Crippen molar-refractivity contribution in [3.05, 3.63) is 59.7 Å². The number of benzene rings is 2. The van der Waals surface area contributed by atoms with Gasteiger partial charge in [0.15, 0.2) is 11.5 Å². The van der Waals surface area contributed by atoms with Crippen LogP contribution in [0.3, 0.4) is 0 Å². The van der Waals surface area contributed by atoms with Crippen LogP contribution in [0.2, 0.25) is 0 Å². The van der Waals surface area contributed by atoms with Crippen LogP contribution in [0.5, 0.6) is 11.5 Å². The summed E-state index contributed by atoms with van der Waals surface area (Å²) in [5.41, 5.74) is 3.82. The Morgan fingerprint density at radius 3 is 2.43 bits per heavy atom. The zero-order chi connectivity index (χ0) is 15.1. The Kier molecular flexibility index (Phi) is 4.93. The van der Waals surface area contributed by atoms with Gasteiger partial charge in [-0.05, 0) is 35.9 Å². The van der Waals surface area contributed by atoms with Crippen molar-refractivity contribution in [3.8, 4) is 11.5 Å². The number of rotatable bonds is 5. The summed E-state index contributed by atoms with van der Waals surface area (Å²) in [7, 11) is 3.14. The second kappa shape index (κ2) is 7.09. The Morgan fingerprint density at radius 2 is 1.76 bits per heavy atom. The summed E-state index contributed by atoms with van der Waals surface area (Å²) < 4.78 is 10.4. The molecule has 0 atom stereocenters. The SMILES string of the molecule is COc1ccc(/C=N\NC(=O)c2ccccc2)cc1OC. The quantitative estimate of drug-likeness (QED) is 0.677. The molecule has 0 unspecified atom stereocenters. The van der Waals surface area contributed by atoms with Crippen molar-refractivity contribution in [2.24, 2.45) is 5.10 Å². The largest absolute Gasteiger partial charge is 0.493 e. The predicted molar refractivity (Wildman–Crippen MR) is 81.0 cm³/mol. The molecule has 0 bridgehead atoms. The molecule has 108 valence electrons. The Balaban J connectivity index is 2.03. The molecular weight excluding hydrogens is 268 g/mol. The van der Waals surface area contributed by atoms with E-state index in [2.05, 4.69) is 10.5 Å². The topological polar surface area (TPSA) is 59.9 Å². The summed E-state index contributed by atoms with van der Waals surface area (Å²) in [5.74, 6) is 0.992. The fourth-order valence-electron chi connectivity index (χ4n) is 1.75. The van der Waals surface area contributed by atoms with Crippen LogP contribution >= 0.6 is 0 Å². The van der Waals surface area contributed by atoms with Gasteiger partial charge in [0.2, 0.25) is 0 Å². The molecule has 0 spiro atoms. The summed E-state index contributed by atoms with van der Waals surface area (Å²) in [6, 6.07) is 14.3. The van der Waals surface area contributed by atoms with Gasteiger partial charge in [-0.2, -0.15) is 5.10 Å². The molecule has 0 heterocycles. The Bertz CT molecular complexity index is 639. The molecule has 2 aromatic carbocycles. The average Bonchev–Trinajstić information content (AvgIpc) is 2.55. The maximum Gasteiger partial charge on any atom is 0.271 e. The number of ether oxygens (including phenoxy) is 2. The van der Waals surface area contributed by atoms with Crippen LogP contribution in [0.25, 0.3) is 0 Å². The minimum atomic E-state index is -0.257. The molecule has 2 aromatic rings. The maximum absolute atomic E-state index is 11.8. The van der Waals surface area contributed by atoms with Crippen molar-refractivity contribution in [1.82, 2.24) is 5.43 Å². The molecule has 21 heavy (non-hydrogen) atoms. The van der Waals surface area contributed by atoms with Gasteiger partial charge >= 0.3 is 0 Å². The number of hydrogen-bond donors (Lipinski definition) is 1. The second-order valence-corrected chi connectivity index (χ2v) is 4.18. The molecule has 0 aliphatic rings. The number of carbonyl (C=O) groups excluding carboxylic acids is 1. The van der Waals surface area contributed by atoms with Crippen molar-refractivity contribution in [3.63, 3.8) is 0 Å². The van der Waals surface area contributed by atoms with Gasteiger partial charge in [0.25, 0.3) is 5.91 Å². The zero-order valence-electron chi connectivity index (χ0n) is 11.9. The van der Waals surface area contributed by atoms with Crippen LogP contribution in [-0.4, -0.2) is 26.3 Å². The molecule has 0 fully saturated rings. The highest BCUT2D eigenvalue weighted by Gasteiger charge is 2.04. The molecule has 5 heteroatoms. The number of nitrogens with zero attached hydrogens (tertiary/aromatic N) is 1. The molecule has 0 saturated carbocycles. The molecule has 0 radical (unpaired) electrons. The van der Waals surface area contributed by atoms with Gasteiger partial charge in [-0.3, -0.25) is 4.79 Å². The van der Waals surface area contributed by atoms with Crippen LogP contribution in [0.4, 0.5) is 0 Å². The number of nitrogens with one attached hydrogen (secondary N) is 1. The van der Waals surface area contributed by atoms with E-state index in [1.807, 2.05) is 12.1 Å². The van der Waals surface area contributed by atoms with Crippen LogP contribution < -0.4 is 14.9 Å². The molecule has 0 aromatic heterocycles. The highest BCUT2D eigenvalue weighted by Crippen LogP contribution is 2.26. The third kappa shape index (κ3) is 3.82. The van der Waals surface area contributed by atoms with Crippen molar-refractivity contribution in [2.45, 2.75) is 0 Å².